The zero-order valence-corrected chi connectivity index (χ0v) is 13.7. The predicted octanol–water partition coefficient (Wildman–Crippen LogP) is 2.85. The van der Waals surface area contributed by atoms with Crippen LogP contribution in [0.5, 0.6) is 0 Å². The number of anilines is 3. The van der Waals surface area contributed by atoms with Crippen molar-refractivity contribution in [2.45, 2.75) is 45.1 Å². The molecule has 23 heavy (non-hydrogen) atoms. The van der Waals surface area contributed by atoms with Crippen LogP contribution in [0, 0.1) is 5.92 Å². The fraction of sp³-hybridized carbons (Fsp3) is 0.500. The second kappa shape index (κ2) is 6.66. The SMILES string of the molecule is C[C@H](Nc1c(Nc2ccnc(Cl)n2)c(=O)c1=O)C1CCCCC1. The highest BCUT2D eigenvalue weighted by Gasteiger charge is 2.26. The first kappa shape index (κ1) is 15.9. The molecule has 0 bridgehead atoms. The number of hydrogen-bond donors (Lipinski definition) is 2. The van der Waals surface area contributed by atoms with E-state index in [2.05, 4.69) is 27.5 Å². The normalized spacial score (nSPS) is 17.1. The van der Waals surface area contributed by atoms with Gasteiger partial charge in [-0.2, -0.15) is 0 Å². The molecule has 0 unspecified atom stereocenters. The highest BCUT2D eigenvalue weighted by Crippen LogP contribution is 2.29. The summed E-state index contributed by atoms with van der Waals surface area (Å²) in [5.74, 6) is 0.931. The van der Waals surface area contributed by atoms with Crippen LogP contribution in [0.15, 0.2) is 21.9 Å². The second-order valence-corrected chi connectivity index (χ2v) is 6.41. The third-order valence-electron chi connectivity index (χ3n) is 4.52. The summed E-state index contributed by atoms with van der Waals surface area (Å²) in [6, 6.07) is 1.75. The van der Waals surface area contributed by atoms with Gasteiger partial charge in [-0.3, -0.25) is 9.59 Å². The van der Waals surface area contributed by atoms with Crippen LogP contribution >= 0.6 is 11.6 Å². The van der Waals surface area contributed by atoms with Crippen LogP contribution in [0.1, 0.15) is 39.0 Å². The van der Waals surface area contributed by atoms with Gasteiger partial charge < -0.3 is 10.6 Å². The monoisotopic (exact) mass is 334 g/mol. The van der Waals surface area contributed by atoms with Crippen molar-refractivity contribution in [1.82, 2.24) is 9.97 Å². The summed E-state index contributed by atoms with van der Waals surface area (Å²) in [6.45, 7) is 2.07. The predicted molar refractivity (Wildman–Crippen MR) is 91.3 cm³/mol. The molecule has 1 aromatic heterocycles. The van der Waals surface area contributed by atoms with Crippen LogP contribution in [0.2, 0.25) is 5.28 Å². The molecular weight excluding hydrogens is 316 g/mol. The zero-order chi connectivity index (χ0) is 16.4. The highest BCUT2D eigenvalue weighted by molar-refractivity contribution is 6.28. The van der Waals surface area contributed by atoms with Crippen LogP contribution in [0.25, 0.3) is 0 Å². The molecule has 3 rings (SSSR count). The lowest BCUT2D eigenvalue weighted by atomic mass is 9.84. The lowest BCUT2D eigenvalue weighted by Crippen LogP contribution is -2.40. The van der Waals surface area contributed by atoms with Crippen molar-refractivity contribution in [2.24, 2.45) is 5.92 Å². The minimum absolute atomic E-state index is 0.0822. The van der Waals surface area contributed by atoms with Crippen molar-refractivity contribution >= 4 is 28.8 Å². The number of halogens is 1. The fourth-order valence-corrected chi connectivity index (χ4v) is 3.31. The Morgan fingerprint density at radius 3 is 2.57 bits per heavy atom. The van der Waals surface area contributed by atoms with Gasteiger partial charge in [0.05, 0.1) is 0 Å². The van der Waals surface area contributed by atoms with Gasteiger partial charge in [0.25, 0.3) is 10.9 Å². The molecule has 1 fully saturated rings. The molecule has 1 atom stereocenters. The largest absolute Gasteiger partial charge is 0.377 e. The van der Waals surface area contributed by atoms with Crippen molar-refractivity contribution < 1.29 is 0 Å². The topological polar surface area (TPSA) is 84.0 Å². The second-order valence-electron chi connectivity index (χ2n) is 6.08. The van der Waals surface area contributed by atoms with Gasteiger partial charge >= 0.3 is 0 Å². The van der Waals surface area contributed by atoms with E-state index in [0.29, 0.717) is 17.4 Å². The standard InChI is InChI=1S/C16H19ClN4O2/c1-9(10-5-3-2-4-6-10)19-12-13(15(23)14(12)22)20-11-7-8-18-16(17)21-11/h7-10,19H,2-6H2,1H3,(H,18,20,21)/t9-/m0/s1. The smallest absolute Gasteiger partial charge is 0.253 e. The Balaban J connectivity index is 1.74. The van der Waals surface area contributed by atoms with E-state index in [-0.39, 0.29) is 17.0 Å². The molecule has 0 aliphatic heterocycles. The summed E-state index contributed by atoms with van der Waals surface area (Å²) >= 11 is 5.73. The minimum Gasteiger partial charge on any atom is -0.377 e. The van der Waals surface area contributed by atoms with Crippen molar-refractivity contribution in [3.05, 3.63) is 38.0 Å². The van der Waals surface area contributed by atoms with Crippen molar-refractivity contribution in [2.75, 3.05) is 10.6 Å². The molecule has 1 heterocycles. The molecule has 1 aromatic carbocycles. The summed E-state index contributed by atoms with van der Waals surface area (Å²) in [5.41, 5.74) is -0.399. The van der Waals surface area contributed by atoms with Crippen molar-refractivity contribution in [3.63, 3.8) is 0 Å². The van der Waals surface area contributed by atoms with Crippen LogP contribution in [-0.2, 0) is 0 Å². The highest BCUT2D eigenvalue weighted by atomic mass is 35.5. The van der Waals surface area contributed by atoms with Crippen LogP contribution in [0.4, 0.5) is 17.2 Å². The lowest BCUT2D eigenvalue weighted by Gasteiger charge is -2.29. The lowest BCUT2D eigenvalue weighted by molar-refractivity contribution is 0.328. The molecule has 2 N–H and O–H groups in total. The van der Waals surface area contributed by atoms with E-state index >= 15 is 0 Å². The quantitative estimate of drug-likeness (QED) is 0.646. The molecule has 0 saturated heterocycles. The Morgan fingerprint density at radius 1 is 1.17 bits per heavy atom. The van der Waals surface area contributed by atoms with Crippen molar-refractivity contribution in [3.8, 4) is 0 Å². The third-order valence-corrected chi connectivity index (χ3v) is 4.70. The summed E-state index contributed by atoms with van der Waals surface area (Å²) in [7, 11) is 0. The maximum Gasteiger partial charge on any atom is 0.253 e. The average Bonchev–Trinajstić information content (AvgIpc) is 2.58. The molecule has 6 nitrogen and oxygen atoms in total. The number of nitrogens with zero attached hydrogens (tertiary/aromatic N) is 2. The van der Waals surface area contributed by atoms with Gasteiger partial charge in [0.1, 0.15) is 17.2 Å². The van der Waals surface area contributed by atoms with Crippen LogP contribution < -0.4 is 21.5 Å². The van der Waals surface area contributed by atoms with E-state index in [4.69, 9.17) is 11.6 Å². The van der Waals surface area contributed by atoms with Crippen molar-refractivity contribution in [1.29, 1.82) is 0 Å². The molecular formula is C16H19ClN4O2. The minimum atomic E-state index is -0.530. The molecule has 122 valence electrons. The fourth-order valence-electron chi connectivity index (χ4n) is 3.16. The molecule has 2 aromatic rings. The Kier molecular flexibility index (Phi) is 4.61. The van der Waals surface area contributed by atoms with E-state index < -0.39 is 10.9 Å². The molecule has 1 aliphatic carbocycles. The first-order valence-corrected chi connectivity index (χ1v) is 8.29. The summed E-state index contributed by atoms with van der Waals surface area (Å²) in [6.07, 6.45) is 7.55. The summed E-state index contributed by atoms with van der Waals surface area (Å²) in [5, 5.41) is 6.17. The number of rotatable bonds is 5. The molecule has 1 saturated carbocycles. The van der Waals surface area contributed by atoms with E-state index in [9.17, 15) is 9.59 Å². The third kappa shape index (κ3) is 3.37. The maximum atomic E-state index is 11.9. The molecule has 0 spiro atoms. The van der Waals surface area contributed by atoms with E-state index in [0.717, 1.165) is 12.8 Å². The van der Waals surface area contributed by atoms with Gasteiger partial charge in [0, 0.05) is 12.2 Å². The van der Waals surface area contributed by atoms with E-state index in [1.54, 1.807) is 6.07 Å². The van der Waals surface area contributed by atoms with Crippen LogP contribution in [0.3, 0.4) is 0 Å². The molecule has 1 aliphatic rings. The Bertz CT molecular complexity index is 764. The Morgan fingerprint density at radius 2 is 1.87 bits per heavy atom. The van der Waals surface area contributed by atoms with Crippen LogP contribution in [-0.4, -0.2) is 16.0 Å². The average molecular weight is 335 g/mol. The Labute approximate surface area is 139 Å². The maximum absolute atomic E-state index is 11.9. The van der Waals surface area contributed by atoms with E-state index in [1.165, 1.54) is 25.5 Å². The zero-order valence-electron chi connectivity index (χ0n) is 12.9. The number of nitrogens with one attached hydrogen (secondary N) is 2. The van der Waals surface area contributed by atoms with Gasteiger partial charge in [0.2, 0.25) is 5.28 Å². The Hall–Kier alpha value is -1.95. The molecule has 0 radical (unpaired) electrons. The van der Waals surface area contributed by atoms with Gasteiger partial charge in [0.15, 0.2) is 0 Å². The first-order valence-electron chi connectivity index (χ1n) is 7.91. The van der Waals surface area contributed by atoms with Gasteiger partial charge in [-0.15, -0.1) is 0 Å². The first-order chi connectivity index (χ1) is 11.1. The van der Waals surface area contributed by atoms with Gasteiger partial charge in [-0.05, 0) is 43.4 Å². The van der Waals surface area contributed by atoms with Gasteiger partial charge in [-0.25, -0.2) is 9.97 Å². The summed E-state index contributed by atoms with van der Waals surface area (Å²) < 4.78 is 0. The molecule has 0 amide bonds. The van der Waals surface area contributed by atoms with E-state index in [1.807, 2.05) is 0 Å². The van der Waals surface area contributed by atoms with Gasteiger partial charge in [-0.1, -0.05) is 19.3 Å². The summed E-state index contributed by atoms with van der Waals surface area (Å²) in [4.78, 5) is 31.5. The number of aromatic nitrogens is 2. The molecule has 7 heteroatoms. The number of hydrogen-bond acceptors (Lipinski definition) is 6.